The standard InChI is InChI=1S/C10H19N5OS/c1-7-3-4-15(6-9(7)16-2)5-8-10(12-11)17-14-13-8/h7,9,12H,3-6,11H2,1-2H3. The number of methoxy groups -OCH3 is 1. The van der Waals surface area contributed by atoms with Crippen LogP contribution in [-0.2, 0) is 11.3 Å². The van der Waals surface area contributed by atoms with Crippen LogP contribution in [0, 0.1) is 5.92 Å². The van der Waals surface area contributed by atoms with Crippen molar-refractivity contribution in [3.05, 3.63) is 5.69 Å². The Morgan fingerprint density at radius 3 is 3.18 bits per heavy atom. The first-order chi connectivity index (χ1) is 8.24. The monoisotopic (exact) mass is 257 g/mol. The Hall–Kier alpha value is -0.760. The van der Waals surface area contributed by atoms with Gasteiger partial charge >= 0.3 is 0 Å². The average molecular weight is 257 g/mol. The Balaban J connectivity index is 1.95. The number of anilines is 1. The molecule has 0 aromatic carbocycles. The van der Waals surface area contributed by atoms with Crippen molar-refractivity contribution >= 4 is 16.5 Å². The lowest BCUT2D eigenvalue weighted by atomic mass is 9.96. The van der Waals surface area contributed by atoms with Crippen molar-refractivity contribution in [3.63, 3.8) is 0 Å². The molecule has 0 amide bonds. The SMILES string of the molecule is COC1CN(Cc2nnsc2NN)CCC1C. The molecule has 0 saturated carbocycles. The molecule has 96 valence electrons. The van der Waals surface area contributed by atoms with E-state index in [1.807, 2.05) is 0 Å². The van der Waals surface area contributed by atoms with E-state index >= 15 is 0 Å². The molecule has 2 rings (SSSR count). The predicted octanol–water partition coefficient (Wildman–Crippen LogP) is 0.680. The molecule has 1 aliphatic rings. The highest BCUT2D eigenvalue weighted by molar-refractivity contribution is 7.10. The molecule has 2 unspecified atom stereocenters. The Bertz CT molecular complexity index is 358. The van der Waals surface area contributed by atoms with Crippen molar-refractivity contribution in [1.29, 1.82) is 0 Å². The molecule has 1 aliphatic heterocycles. The van der Waals surface area contributed by atoms with Gasteiger partial charge in [0.05, 0.1) is 6.10 Å². The summed E-state index contributed by atoms with van der Waals surface area (Å²) in [7, 11) is 1.78. The second kappa shape index (κ2) is 5.72. The van der Waals surface area contributed by atoms with Crippen LogP contribution >= 0.6 is 11.5 Å². The van der Waals surface area contributed by atoms with Gasteiger partial charge in [-0.15, -0.1) is 5.10 Å². The van der Waals surface area contributed by atoms with Gasteiger partial charge in [0.15, 0.2) is 0 Å². The largest absolute Gasteiger partial charge is 0.380 e. The van der Waals surface area contributed by atoms with Crippen LogP contribution in [0.4, 0.5) is 5.00 Å². The molecule has 0 aliphatic carbocycles. The number of hydrogen-bond donors (Lipinski definition) is 2. The minimum Gasteiger partial charge on any atom is -0.380 e. The molecule has 1 aromatic rings. The first kappa shape index (κ1) is 12.7. The van der Waals surface area contributed by atoms with Crippen molar-refractivity contribution in [3.8, 4) is 0 Å². The Morgan fingerprint density at radius 2 is 2.47 bits per heavy atom. The predicted molar refractivity (Wildman–Crippen MR) is 67.6 cm³/mol. The Kier molecular flexibility index (Phi) is 4.27. The maximum atomic E-state index is 5.49. The zero-order valence-corrected chi connectivity index (χ0v) is 11.0. The summed E-state index contributed by atoms with van der Waals surface area (Å²) in [4.78, 5) is 2.34. The summed E-state index contributed by atoms with van der Waals surface area (Å²) in [6.07, 6.45) is 1.46. The molecule has 3 N–H and O–H groups in total. The maximum Gasteiger partial charge on any atom is 0.148 e. The summed E-state index contributed by atoms with van der Waals surface area (Å²) in [5, 5.41) is 4.94. The third-order valence-electron chi connectivity index (χ3n) is 3.34. The topological polar surface area (TPSA) is 76.3 Å². The Labute approximate surface area is 105 Å². The van der Waals surface area contributed by atoms with E-state index in [4.69, 9.17) is 10.6 Å². The fourth-order valence-corrected chi connectivity index (χ4v) is 2.67. The number of nitrogens with two attached hydrogens (primary N) is 1. The number of rotatable bonds is 4. The zero-order valence-electron chi connectivity index (χ0n) is 10.2. The molecule has 2 heterocycles. The van der Waals surface area contributed by atoms with Crippen LogP contribution in [0.1, 0.15) is 19.0 Å². The van der Waals surface area contributed by atoms with Crippen LogP contribution in [0.15, 0.2) is 0 Å². The van der Waals surface area contributed by atoms with Crippen molar-refractivity contribution < 1.29 is 4.74 Å². The van der Waals surface area contributed by atoms with Gasteiger partial charge in [-0.25, -0.2) is 5.84 Å². The van der Waals surface area contributed by atoms with Crippen molar-refractivity contribution in [2.24, 2.45) is 11.8 Å². The van der Waals surface area contributed by atoms with E-state index in [2.05, 4.69) is 26.8 Å². The summed E-state index contributed by atoms with van der Waals surface area (Å²) in [5.41, 5.74) is 3.55. The summed E-state index contributed by atoms with van der Waals surface area (Å²) < 4.78 is 9.40. The molecule has 0 radical (unpaired) electrons. The summed E-state index contributed by atoms with van der Waals surface area (Å²) >= 11 is 1.29. The smallest absolute Gasteiger partial charge is 0.148 e. The van der Waals surface area contributed by atoms with Crippen LogP contribution < -0.4 is 11.3 Å². The number of hydrogen-bond acceptors (Lipinski definition) is 7. The van der Waals surface area contributed by atoms with Crippen LogP contribution in [0.5, 0.6) is 0 Å². The number of likely N-dealkylation sites (tertiary alicyclic amines) is 1. The van der Waals surface area contributed by atoms with Crippen molar-refractivity contribution in [1.82, 2.24) is 14.5 Å². The van der Waals surface area contributed by atoms with Gasteiger partial charge in [0.25, 0.3) is 0 Å². The highest BCUT2D eigenvalue weighted by atomic mass is 32.1. The van der Waals surface area contributed by atoms with E-state index in [1.165, 1.54) is 11.5 Å². The van der Waals surface area contributed by atoms with Gasteiger partial charge in [0.2, 0.25) is 0 Å². The lowest BCUT2D eigenvalue weighted by Crippen LogP contribution is -2.43. The fraction of sp³-hybridized carbons (Fsp3) is 0.800. The molecular formula is C10H19N5OS. The molecule has 0 spiro atoms. The molecule has 6 nitrogen and oxygen atoms in total. The van der Waals surface area contributed by atoms with Crippen LogP contribution in [0.2, 0.25) is 0 Å². The van der Waals surface area contributed by atoms with E-state index in [0.29, 0.717) is 12.0 Å². The van der Waals surface area contributed by atoms with Crippen molar-refractivity contribution in [2.45, 2.75) is 26.0 Å². The summed E-state index contributed by atoms with van der Waals surface area (Å²) in [6, 6.07) is 0. The first-order valence-corrected chi connectivity index (χ1v) is 6.55. The molecule has 0 bridgehead atoms. The number of nitrogens with zero attached hydrogens (tertiary/aromatic N) is 3. The molecule has 17 heavy (non-hydrogen) atoms. The molecule has 1 saturated heterocycles. The summed E-state index contributed by atoms with van der Waals surface area (Å²) in [6.45, 7) is 5.03. The number of nitrogen functional groups attached to an aromatic ring is 1. The van der Waals surface area contributed by atoms with E-state index in [1.54, 1.807) is 7.11 Å². The Morgan fingerprint density at radius 1 is 1.65 bits per heavy atom. The van der Waals surface area contributed by atoms with Gasteiger partial charge in [-0.3, -0.25) is 4.90 Å². The number of ether oxygens (including phenoxy) is 1. The van der Waals surface area contributed by atoms with E-state index in [9.17, 15) is 0 Å². The third kappa shape index (κ3) is 2.92. The number of nitrogens with one attached hydrogen (secondary N) is 1. The quantitative estimate of drug-likeness (QED) is 0.610. The van der Waals surface area contributed by atoms with E-state index < -0.39 is 0 Å². The van der Waals surface area contributed by atoms with Gasteiger partial charge < -0.3 is 10.2 Å². The second-order valence-electron chi connectivity index (χ2n) is 4.47. The second-order valence-corrected chi connectivity index (χ2v) is 5.22. The first-order valence-electron chi connectivity index (χ1n) is 5.77. The van der Waals surface area contributed by atoms with Gasteiger partial charge in [-0.2, -0.15) is 0 Å². The number of hydrazine groups is 1. The molecular weight excluding hydrogens is 238 g/mol. The lowest BCUT2D eigenvalue weighted by Gasteiger charge is -2.35. The van der Waals surface area contributed by atoms with Gasteiger partial charge in [0, 0.05) is 31.7 Å². The van der Waals surface area contributed by atoms with E-state index in [0.717, 1.165) is 36.8 Å². The average Bonchev–Trinajstić information content (AvgIpc) is 2.79. The van der Waals surface area contributed by atoms with Crippen LogP contribution in [0.25, 0.3) is 0 Å². The highest BCUT2D eigenvalue weighted by Crippen LogP contribution is 2.23. The van der Waals surface area contributed by atoms with Gasteiger partial charge in [0.1, 0.15) is 10.7 Å². The normalized spacial score (nSPS) is 26.1. The third-order valence-corrected chi connectivity index (χ3v) is 4.04. The van der Waals surface area contributed by atoms with Gasteiger partial charge in [-0.1, -0.05) is 11.4 Å². The summed E-state index contributed by atoms with van der Waals surface area (Å²) in [5.74, 6) is 6.04. The maximum absolute atomic E-state index is 5.49. The van der Waals surface area contributed by atoms with Crippen LogP contribution in [0.3, 0.4) is 0 Å². The zero-order chi connectivity index (χ0) is 12.3. The highest BCUT2D eigenvalue weighted by Gasteiger charge is 2.26. The van der Waals surface area contributed by atoms with E-state index in [-0.39, 0.29) is 0 Å². The number of aromatic nitrogens is 2. The molecule has 1 aromatic heterocycles. The fourth-order valence-electron chi connectivity index (χ4n) is 2.18. The minimum atomic E-state index is 0.310. The number of piperidine rings is 1. The van der Waals surface area contributed by atoms with Crippen molar-refractivity contribution in [2.75, 3.05) is 25.6 Å². The van der Waals surface area contributed by atoms with Gasteiger partial charge in [-0.05, 0) is 18.9 Å². The molecule has 1 fully saturated rings. The molecule has 7 heteroatoms. The van der Waals surface area contributed by atoms with Crippen LogP contribution in [-0.4, -0.2) is 40.8 Å². The lowest BCUT2D eigenvalue weighted by molar-refractivity contribution is -0.00773. The molecule has 2 atom stereocenters. The minimum absolute atomic E-state index is 0.310.